The molecule has 0 amide bonds. The fourth-order valence-corrected chi connectivity index (χ4v) is 3.12. The van der Waals surface area contributed by atoms with E-state index in [9.17, 15) is 9.90 Å². The molecule has 0 aliphatic carbocycles. The first-order valence-corrected chi connectivity index (χ1v) is 8.56. The van der Waals surface area contributed by atoms with Gasteiger partial charge < -0.3 is 5.11 Å². The zero-order chi connectivity index (χ0) is 18.3. The van der Waals surface area contributed by atoms with Crippen LogP contribution in [0.2, 0.25) is 10.0 Å². The Kier molecular flexibility index (Phi) is 4.15. The standard InChI is InChI=1S/C20H12Cl2N2O2/c21-15-6-1-12(2-7-15)18-19(13-3-8-16(22)9-4-13)24-11-14(20(25)26)5-10-17(24)23-18/h1-11H,(H,25,26). The molecule has 0 aliphatic rings. The van der Waals surface area contributed by atoms with Crippen molar-refractivity contribution >= 4 is 34.8 Å². The summed E-state index contributed by atoms with van der Waals surface area (Å²) in [5, 5.41) is 10.6. The van der Waals surface area contributed by atoms with Crippen molar-refractivity contribution in [3.8, 4) is 22.5 Å². The number of carboxylic acids is 1. The van der Waals surface area contributed by atoms with Crippen LogP contribution in [0.25, 0.3) is 28.2 Å². The minimum absolute atomic E-state index is 0.188. The van der Waals surface area contributed by atoms with Gasteiger partial charge in [0.15, 0.2) is 0 Å². The van der Waals surface area contributed by atoms with Crippen molar-refractivity contribution in [2.75, 3.05) is 0 Å². The lowest BCUT2D eigenvalue weighted by molar-refractivity contribution is 0.0696. The molecule has 128 valence electrons. The van der Waals surface area contributed by atoms with Crippen molar-refractivity contribution in [1.29, 1.82) is 0 Å². The first kappa shape index (κ1) is 16.6. The molecule has 0 saturated heterocycles. The molecule has 4 aromatic rings. The molecule has 0 radical (unpaired) electrons. The van der Waals surface area contributed by atoms with Crippen molar-refractivity contribution in [2.24, 2.45) is 0 Å². The highest BCUT2D eigenvalue weighted by Crippen LogP contribution is 2.34. The zero-order valence-electron chi connectivity index (χ0n) is 13.4. The highest BCUT2D eigenvalue weighted by Gasteiger charge is 2.17. The predicted molar refractivity (Wildman–Crippen MR) is 103 cm³/mol. The maximum absolute atomic E-state index is 11.4. The number of aromatic carboxylic acids is 1. The molecule has 1 N–H and O–H groups in total. The van der Waals surface area contributed by atoms with Crippen LogP contribution in [-0.4, -0.2) is 20.5 Å². The molecule has 0 aliphatic heterocycles. The number of carbonyl (C=O) groups is 1. The summed E-state index contributed by atoms with van der Waals surface area (Å²) < 4.78 is 1.79. The van der Waals surface area contributed by atoms with Crippen molar-refractivity contribution in [3.63, 3.8) is 0 Å². The van der Waals surface area contributed by atoms with E-state index in [1.54, 1.807) is 47.0 Å². The van der Waals surface area contributed by atoms with Crippen LogP contribution >= 0.6 is 23.2 Å². The molecule has 26 heavy (non-hydrogen) atoms. The molecule has 0 bridgehead atoms. The Morgan fingerprint density at radius 2 is 1.42 bits per heavy atom. The van der Waals surface area contributed by atoms with Gasteiger partial charge >= 0.3 is 5.97 Å². The summed E-state index contributed by atoms with van der Waals surface area (Å²) in [5.74, 6) is -0.990. The number of benzene rings is 2. The van der Waals surface area contributed by atoms with E-state index in [0.29, 0.717) is 15.7 Å². The summed E-state index contributed by atoms with van der Waals surface area (Å²) in [5.41, 5.74) is 4.15. The van der Waals surface area contributed by atoms with Gasteiger partial charge in [0.05, 0.1) is 17.0 Å². The average molecular weight is 383 g/mol. The van der Waals surface area contributed by atoms with E-state index < -0.39 is 5.97 Å². The van der Waals surface area contributed by atoms with Gasteiger partial charge in [-0.1, -0.05) is 47.5 Å². The van der Waals surface area contributed by atoms with Crippen LogP contribution in [-0.2, 0) is 0 Å². The van der Waals surface area contributed by atoms with E-state index in [1.165, 1.54) is 0 Å². The quantitative estimate of drug-likeness (QED) is 0.496. The third kappa shape index (κ3) is 2.94. The van der Waals surface area contributed by atoms with Crippen LogP contribution in [0, 0.1) is 0 Å². The summed E-state index contributed by atoms with van der Waals surface area (Å²) >= 11 is 12.0. The minimum Gasteiger partial charge on any atom is -0.478 e. The lowest BCUT2D eigenvalue weighted by Crippen LogP contribution is -1.99. The lowest BCUT2D eigenvalue weighted by Gasteiger charge is -2.07. The number of nitrogens with zero attached hydrogens (tertiary/aromatic N) is 2. The maximum Gasteiger partial charge on any atom is 0.337 e. The average Bonchev–Trinajstić information content (AvgIpc) is 3.01. The number of carboxylic acid groups (broad SMARTS) is 1. The predicted octanol–water partition coefficient (Wildman–Crippen LogP) is 5.67. The van der Waals surface area contributed by atoms with Crippen molar-refractivity contribution in [2.45, 2.75) is 0 Å². The van der Waals surface area contributed by atoms with E-state index in [1.807, 2.05) is 24.3 Å². The van der Waals surface area contributed by atoms with Gasteiger partial charge in [-0.15, -0.1) is 0 Å². The summed E-state index contributed by atoms with van der Waals surface area (Å²) in [6, 6.07) is 18.0. The third-order valence-corrected chi connectivity index (χ3v) is 4.60. The molecule has 4 nitrogen and oxygen atoms in total. The Bertz CT molecular complexity index is 1120. The Morgan fingerprint density at radius 1 is 0.846 bits per heavy atom. The second-order valence-electron chi connectivity index (χ2n) is 5.77. The molecule has 0 unspecified atom stereocenters. The van der Waals surface area contributed by atoms with Crippen molar-refractivity contribution in [3.05, 3.63) is 82.5 Å². The van der Waals surface area contributed by atoms with Gasteiger partial charge in [-0.05, 0) is 36.4 Å². The van der Waals surface area contributed by atoms with E-state index in [4.69, 9.17) is 28.2 Å². The molecule has 0 fully saturated rings. The SMILES string of the molecule is O=C(O)c1ccc2nc(-c3ccc(Cl)cc3)c(-c3ccc(Cl)cc3)n2c1. The topological polar surface area (TPSA) is 54.6 Å². The van der Waals surface area contributed by atoms with Gasteiger partial charge in [0, 0.05) is 27.4 Å². The summed E-state index contributed by atoms with van der Waals surface area (Å²) in [6.07, 6.45) is 1.58. The smallest absolute Gasteiger partial charge is 0.337 e. The molecule has 2 heterocycles. The lowest BCUT2D eigenvalue weighted by atomic mass is 10.0. The number of halogens is 2. The second kappa shape index (κ2) is 6.48. The normalized spacial score (nSPS) is 11.0. The number of rotatable bonds is 3. The molecular weight excluding hydrogens is 371 g/mol. The summed E-state index contributed by atoms with van der Waals surface area (Å²) in [7, 11) is 0. The van der Waals surface area contributed by atoms with Crippen LogP contribution < -0.4 is 0 Å². The van der Waals surface area contributed by atoms with Crippen LogP contribution in [0.3, 0.4) is 0 Å². The molecule has 2 aromatic carbocycles. The van der Waals surface area contributed by atoms with Crippen molar-refractivity contribution in [1.82, 2.24) is 9.38 Å². The fourth-order valence-electron chi connectivity index (χ4n) is 2.86. The van der Waals surface area contributed by atoms with E-state index in [0.717, 1.165) is 22.5 Å². The number of hydrogen-bond donors (Lipinski definition) is 1. The molecule has 0 atom stereocenters. The molecule has 2 aromatic heterocycles. The van der Waals surface area contributed by atoms with E-state index in [-0.39, 0.29) is 5.56 Å². The number of imidazole rings is 1. The minimum atomic E-state index is -0.990. The van der Waals surface area contributed by atoms with Crippen molar-refractivity contribution < 1.29 is 9.90 Å². The first-order chi connectivity index (χ1) is 12.5. The van der Waals surface area contributed by atoms with Gasteiger partial charge in [0.25, 0.3) is 0 Å². The monoisotopic (exact) mass is 382 g/mol. The van der Waals surface area contributed by atoms with Gasteiger partial charge in [0.1, 0.15) is 5.65 Å². The molecular formula is C20H12Cl2N2O2. The number of fused-ring (bicyclic) bond motifs is 1. The van der Waals surface area contributed by atoms with Gasteiger partial charge in [0.2, 0.25) is 0 Å². The van der Waals surface area contributed by atoms with Gasteiger partial charge in [-0.3, -0.25) is 4.40 Å². The second-order valence-corrected chi connectivity index (χ2v) is 6.65. The van der Waals surface area contributed by atoms with Gasteiger partial charge in [-0.25, -0.2) is 9.78 Å². The summed E-state index contributed by atoms with van der Waals surface area (Å²) in [6.45, 7) is 0. The number of hydrogen-bond acceptors (Lipinski definition) is 2. The number of aromatic nitrogens is 2. The van der Waals surface area contributed by atoms with Gasteiger partial charge in [-0.2, -0.15) is 0 Å². The Morgan fingerprint density at radius 3 is 2.00 bits per heavy atom. The number of pyridine rings is 1. The van der Waals surface area contributed by atoms with Crippen LogP contribution in [0.1, 0.15) is 10.4 Å². The molecule has 4 rings (SSSR count). The maximum atomic E-state index is 11.4. The Balaban J connectivity index is 2.03. The van der Waals surface area contributed by atoms with E-state index in [2.05, 4.69) is 0 Å². The Labute approximate surface area is 159 Å². The highest BCUT2D eigenvalue weighted by atomic mass is 35.5. The van der Waals surface area contributed by atoms with Crippen LogP contribution in [0.5, 0.6) is 0 Å². The Hall–Kier alpha value is -2.82. The molecule has 0 saturated carbocycles. The molecule has 6 heteroatoms. The highest BCUT2D eigenvalue weighted by molar-refractivity contribution is 6.31. The first-order valence-electron chi connectivity index (χ1n) is 7.80. The van der Waals surface area contributed by atoms with Crippen LogP contribution in [0.4, 0.5) is 0 Å². The van der Waals surface area contributed by atoms with Crippen LogP contribution in [0.15, 0.2) is 66.9 Å². The zero-order valence-corrected chi connectivity index (χ0v) is 14.9. The van der Waals surface area contributed by atoms with E-state index >= 15 is 0 Å². The third-order valence-electron chi connectivity index (χ3n) is 4.10. The summed E-state index contributed by atoms with van der Waals surface area (Å²) in [4.78, 5) is 16.1. The fraction of sp³-hybridized carbons (Fsp3) is 0. The largest absolute Gasteiger partial charge is 0.478 e. The molecule has 0 spiro atoms.